The van der Waals surface area contributed by atoms with Crippen LogP contribution in [-0.4, -0.2) is 24.9 Å². The summed E-state index contributed by atoms with van der Waals surface area (Å²) < 4.78 is 5.74. The summed E-state index contributed by atoms with van der Waals surface area (Å²) in [7, 11) is 0. The fourth-order valence-electron chi connectivity index (χ4n) is 1.64. The van der Waals surface area contributed by atoms with Gasteiger partial charge in [-0.1, -0.05) is 18.2 Å². The molecule has 1 unspecified atom stereocenters. The second kappa shape index (κ2) is 6.51. The second-order valence-electron chi connectivity index (χ2n) is 4.14. The summed E-state index contributed by atoms with van der Waals surface area (Å²) in [5.74, 6) is 1.10. The van der Waals surface area contributed by atoms with Gasteiger partial charge in [-0.25, -0.2) is 0 Å². The topological polar surface area (TPSA) is 55.5 Å². The van der Waals surface area contributed by atoms with Crippen LogP contribution in [0.2, 0.25) is 0 Å². The maximum Gasteiger partial charge on any atom is 0.125 e. The molecule has 0 fully saturated rings. The minimum atomic E-state index is 0.132. The molecule has 16 heavy (non-hydrogen) atoms. The molecule has 1 aromatic carbocycles. The highest BCUT2D eigenvalue weighted by Gasteiger charge is 2.07. The van der Waals surface area contributed by atoms with Crippen LogP contribution in [0.25, 0.3) is 0 Å². The first-order valence-electron chi connectivity index (χ1n) is 5.69. The molecule has 0 aliphatic heterocycles. The van der Waals surface area contributed by atoms with Crippen LogP contribution in [0.15, 0.2) is 18.2 Å². The molecule has 3 heteroatoms. The molecule has 0 bridgehead atoms. The molecular weight excluding hydrogens is 202 g/mol. The molecule has 0 radical (unpaired) electrons. The average molecular weight is 223 g/mol. The quantitative estimate of drug-likeness (QED) is 0.771. The molecule has 1 atom stereocenters. The van der Waals surface area contributed by atoms with E-state index in [1.165, 1.54) is 0 Å². The minimum Gasteiger partial charge on any atom is -0.493 e. The summed E-state index contributed by atoms with van der Waals surface area (Å²) in [5.41, 5.74) is 7.80. The first kappa shape index (κ1) is 13.0. The first-order chi connectivity index (χ1) is 7.69. The highest BCUT2D eigenvalue weighted by Crippen LogP contribution is 2.22. The molecule has 3 nitrogen and oxygen atoms in total. The number of hydrogen-bond acceptors (Lipinski definition) is 3. The Morgan fingerprint density at radius 1 is 1.31 bits per heavy atom. The Morgan fingerprint density at radius 2 is 1.94 bits per heavy atom. The highest BCUT2D eigenvalue weighted by atomic mass is 16.5. The smallest absolute Gasteiger partial charge is 0.125 e. The SMILES string of the molecule is Cc1cccc(C)c1OCCC(CN)CO. The standard InChI is InChI=1S/C13H21NO2/c1-10-4-3-5-11(2)13(10)16-7-6-12(8-14)9-15/h3-5,12,15H,6-9,14H2,1-2H3. The van der Waals surface area contributed by atoms with Crippen molar-refractivity contribution in [3.8, 4) is 5.75 Å². The van der Waals surface area contributed by atoms with E-state index in [0.717, 1.165) is 23.3 Å². The number of aryl methyl sites for hydroxylation is 2. The van der Waals surface area contributed by atoms with E-state index >= 15 is 0 Å². The Hall–Kier alpha value is -1.06. The van der Waals surface area contributed by atoms with Gasteiger partial charge in [-0.15, -0.1) is 0 Å². The fraction of sp³-hybridized carbons (Fsp3) is 0.538. The van der Waals surface area contributed by atoms with Gasteiger partial charge in [0.1, 0.15) is 5.75 Å². The van der Waals surface area contributed by atoms with Crippen molar-refractivity contribution in [1.29, 1.82) is 0 Å². The maximum absolute atomic E-state index is 9.00. The van der Waals surface area contributed by atoms with Gasteiger partial charge in [-0.2, -0.15) is 0 Å². The van der Waals surface area contributed by atoms with E-state index in [-0.39, 0.29) is 12.5 Å². The lowest BCUT2D eigenvalue weighted by Gasteiger charge is -2.15. The van der Waals surface area contributed by atoms with Crippen molar-refractivity contribution in [1.82, 2.24) is 0 Å². The number of para-hydroxylation sites is 1. The summed E-state index contributed by atoms with van der Waals surface area (Å²) in [4.78, 5) is 0. The van der Waals surface area contributed by atoms with Crippen LogP contribution in [0.3, 0.4) is 0 Å². The van der Waals surface area contributed by atoms with Crippen LogP contribution in [0.4, 0.5) is 0 Å². The molecular formula is C13H21NO2. The summed E-state index contributed by atoms with van der Waals surface area (Å²) in [6.07, 6.45) is 0.792. The normalized spacial score (nSPS) is 12.5. The highest BCUT2D eigenvalue weighted by molar-refractivity contribution is 5.39. The lowest BCUT2D eigenvalue weighted by Crippen LogP contribution is -2.20. The number of ether oxygens (including phenoxy) is 1. The van der Waals surface area contributed by atoms with Gasteiger partial charge >= 0.3 is 0 Å². The van der Waals surface area contributed by atoms with Gasteiger partial charge in [-0.05, 0) is 43.9 Å². The Balaban J connectivity index is 2.48. The summed E-state index contributed by atoms with van der Waals surface area (Å²) in [5, 5.41) is 9.00. The number of nitrogens with two attached hydrogens (primary N) is 1. The van der Waals surface area contributed by atoms with E-state index in [4.69, 9.17) is 15.6 Å². The second-order valence-corrected chi connectivity index (χ2v) is 4.14. The maximum atomic E-state index is 9.00. The summed E-state index contributed by atoms with van der Waals surface area (Å²) >= 11 is 0. The molecule has 0 aliphatic carbocycles. The van der Waals surface area contributed by atoms with E-state index in [9.17, 15) is 0 Å². The van der Waals surface area contributed by atoms with Crippen LogP contribution in [0.1, 0.15) is 17.5 Å². The van der Waals surface area contributed by atoms with Gasteiger partial charge in [0.2, 0.25) is 0 Å². The van der Waals surface area contributed by atoms with Gasteiger partial charge in [0.15, 0.2) is 0 Å². The van der Waals surface area contributed by atoms with Crippen molar-refractivity contribution in [2.24, 2.45) is 11.7 Å². The van der Waals surface area contributed by atoms with E-state index in [1.807, 2.05) is 32.0 Å². The van der Waals surface area contributed by atoms with Crippen molar-refractivity contribution >= 4 is 0 Å². The van der Waals surface area contributed by atoms with Gasteiger partial charge in [0, 0.05) is 6.61 Å². The van der Waals surface area contributed by atoms with Crippen molar-refractivity contribution in [3.63, 3.8) is 0 Å². The van der Waals surface area contributed by atoms with Crippen LogP contribution < -0.4 is 10.5 Å². The van der Waals surface area contributed by atoms with E-state index in [1.54, 1.807) is 0 Å². The third kappa shape index (κ3) is 3.51. The van der Waals surface area contributed by atoms with E-state index in [2.05, 4.69) is 0 Å². The van der Waals surface area contributed by atoms with E-state index in [0.29, 0.717) is 13.2 Å². The van der Waals surface area contributed by atoms with Gasteiger partial charge < -0.3 is 15.6 Å². The molecule has 1 rings (SSSR count). The van der Waals surface area contributed by atoms with Crippen molar-refractivity contribution < 1.29 is 9.84 Å². The van der Waals surface area contributed by atoms with Crippen LogP contribution in [0, 0.1) is 19.8 Å². The third-order valence-electron chi connectivity index (χ3n) is 2.77. The molecule has 0 aliphatic rings. The molecule has 90 valence electrons. The van der Waals surface area contributed by atoms with Crippen LogP contribution in [0.5, 0.6) is 5.75 Å². The molecule has 0 saturated carbocycles. The van der Waals surface area contributed by atoms with E-state index < -0.39 is 0 Å². The van der Waals surface area contributed by atoms with Gasteiger partial charge in [-0.3, -0.25) is 0 Å². The van der Waals surface area contributed by atoms with Gasteiger partial charge in [0.25, 0.3) is 0 Å². The lowest BCUT2D eigenvalue weighted by molar-refractivity contribution is 0.194. The van der Waals surface area contributed by atoms with Crippen LogP contribution in [-0.2, 0) is 0 Å². The third-order valence-corrected chi connectivity index (χ3v) is 2.77. The molecule has 3 N–H and O–H groups in total. The molecule has 0 spiro atoms. The first-order valence-corrected chi connectivity index (χ1v) is 5.69. The van der Waals surface area contributed by atoms with Crippen molar-refractivity contribution in [3.05, 3.63) is 29.3 Å². The number of benzene rings is 1. The zero-order valence-corrected chi connectivity index (χ0v) is 10.1. The Labute approximate surface area is 97.2 Å². The Bertz CT molecular complexity index is 301. The summed E-state index contributed by atoms with van der Waals surface area (Å²) in [6, 6.07) is 6.09. The van der Waals surface area contributed by atoms with Crippen LogP contribution >= 0.6 is 0 Å². The molecule has 0 amide bonds. The number of hydrogen-bond donors (Lipinski definition) is 2. The predicted molar refractivity (Wildman–Crippen MR) is 65.7 cm³/mol. The molecule has 0 saturated heterocycles. The largest absolute Gasteiger partial charge is 0.493 e. The molecule has 0 aromatic heterocycles. The Morgan fingerprint density at radius 3 is 2.44 bits per heavy atom. The number of aliphatic hydroxyl groups is 1. The number of rotatable bonds is 6. The summed E-state index contributed by atoms with van der Waals surface area (Å²) in [6.45, 7) is 5.32. The Kier molecular flexibility index (Phi) is 5.29. The molecule has 1 aromatic rings. The number of aliphatic hydroxyl groups excluding tert-OH is 1. The zero-order valence-electron chi connectivity index (χ0n) is 10.1. The zero-order chi connectivity index (χ0) is 12.0. The lowest BCUT2D eigenvalue weighted by atomic mass is 10.1. The van der Waals surface area contributed by atoms with Crippen molar-refractivity contribution in [2.75, 3.05) is 19.8 Å². The minimum absolute atomic E-state index is 0.132. The predicted octanol–water partition coefficient (Wildman–Crippen LogP) is 1.64. The molecule has 0 heterocycles. The fourth-order valence-corrected chi connectivity index (χ4v) is 1.64. The average Bonchev–Trinajstić information content (AvgIpc) is 2.28. The monoisotopic (exact) mass is 223 g/mol. The van der Waals surface area contributed by atoms with Gasteiger partial charge in [0.05, 0.1) is 6.61 Å². The van der Waals surface area contributed by atoms with Crippen molar-refractivity contribution in [2.45, 2.75) is 20.3 Å².